The van der Waals surface area contributed by atoms with Crippen LogP contribution in [0.4, 0.5) is 0 Å². The first-order chi connectivity index (χ1) is 4.27. The van der Waals surface area contributed by atoms with E-state index in [0.29, 0.717) is 6.04 Å². The molecule has 0 bridgehead atoms. The van der Waals surface area contributed by atoms with Gasteiger partial charge in [-0.05, 0) is 26.7 Å². The predicted octanol–water partition coefficient (Wildman–Crippen LogP) is 1.15. The fraction of sp³-hybridized carbons (Fsp3) is 1.00. The highest BCUT2D eigenvalue weighted by Crippen LogP contribution is 1.92. The maximum Gasteiger partial charge on any atom is 0.0466 e. The summed E-state index contributed by atoms with van der Waals surface area (Å²) in [6, 6.07) is 0.324. The van der Waals surface area contributed by atoms with Crippen LogP contribution >= 0.6 is 0 Å². The van der Waals surface area contributed by atoms with Crippen molar-refractivity contribution in [3.05, 3.63) is 0 Å². The van der Waals surface area contributed by atoms with E-state index in [4.69, 9.17) is 10.5 Å². The van der Waals surface area contributed by atoms with Crippen LogP contribution in [0.15, 0.2) is 0 Å². The fourth-order valence-corrected chi connectivity index (χ4v) is 0.652. The summed E-state index contributed by atoms with van der Waals surface area (Å²) in [6.07, 6.45) is 2.16. The van der Waals surface area contributed by atoms with E-state index < -0.39 is 0 Å². The second-order valence-corrected chi connectivity index (χ2v) is 2.32. The number of hydrogen-bond acceptors (Lipinski definition) is 2. The molecule has 56 valence electrons. The van der Waals surface area contributed by atoms with E-state index in [-0.39, 0.29) is 0 Å². The van der Waals surface area contributed by atoms with Crippen LogP contribution in [0.25, 0.3) is 0 Å². The standard InChI is InChI=1S/C7H17NO/c1-3-9-6-4-5-7(2)8/h7H,3-6,8H2,1-2H3. The molecule has 9 heavy (non-hydrogen) atoms. The summed E-state index contributed by atoms with van der Waals surface area (Å²) in [5.41, 5.74) is 5.52. The van der Waals surface area contributed by atoms with Crippen molar-refractivity contribution < 1.29 is 4.74 Å². The van der Waals surface area contributed by atoms with Crippen molar-refractivity contribution in [1.82, 2.24) is 0 Å². The van der Waals surface area contributed by atoms with Crippen LogP contribution in [0.3, 0.4) is 0 Å². The van der Waals surface area contributed by atoms with Crippen molar-refractivity contribution in [2.45, 2.75) is 32.7 Å². The summed E-state index contributed by atoms with van der Waals surface area (Å²) >= 11 is 0. The molecule has 0 rings (SSSR count). The predicted molar refractivity (Wildman–Crippen MR) is 39.4 cm³/mol. The van der Waals surface area contributed by atoms with Gasteiger partial charge in [0.25, 0.3) is 0 Å². The molecule has 2 nitrogen and oxygen atoms in total. The Kier molecular flexibility index (Phi) is 5.99. The van der Waals surface area contributed by atoms with Gasteiger partial charge in [-0.25, -0.2) is 0 Å². The molecule has 0 saturated carbocycles. The Morgan fingerprint density at radius 3 is 2.67 bits per heavy atom. The smallest absolute Gasteiger partial charge is 0.0466 e. The molecule has 2 heteroatoms. The van der Waals surface area contributed by atoms with E-state index in [9.17, 15) is 0 Å². The van der Waals surface area contributed by atoms with Crippen molar-refractivity contribution in [3.8, 4) is 0 Å². The maximum atomic E-state index is 5.52. The van der Waals surface area contributed by atoms with Crippen LogP contribution < -0.4 is 5.73 Å². The van der Waals surface area contributed by atoms with Crippen LogP contribution in [0.5, 0.6) is 0 Å². The lowest BCUT2D eigenvalue weighted by Crippen LogP contribution is -2.15. The minimum Gasteiger partial charge on any atom is -0.382 e. The van der Waals surface area contributed by atoms with Gasteiger partial charge < -0.3 is 10.5 Å². The molecule has 0 saturated heterocycles. The SMILES string of the molecule is CCOCCCC(C)N. The zero-order chi connectivity index (χ0) is 7.11. The van der Waals surface area contributed by atoms with E-state index >= 15 is 0 Å². The van der Waals surface area contributed by atoms with Gasteiger partial charge in [-0.1, -0.05) is 0 Å². The molecule has 0 aliphatic rings. The molecule has 0 heterocycles. The van der Waals surface area contributed by atoms with E-state index in [2.05, 4.69) is 0 Å². The molecule has 0 aromatic rings. The van der Waals surface area contributed by atoms with Crippen LogP contribution in [0, 0.1) is 0 Å². The second kappa shape index (κ2) is 6.05. The van der Waals surface area contributed by atoms with Gasteiger partial charge in [0, 0.05) is 19.3 Å². The molecular formula is C7H17NO. The molecule has 0 amide bonds. The Hall–Kier alpha value is -0.0800. The van der Waals surface area contributed by atoms with Crippen LogP contribution in [0.2, 0.25) is 0 Å². The summed E-state index contributed by atoms with van der Waals surface area (Å²) in [5.74, 6) is 0. The lowest BCUT2D eigenvalue weighted by Gasteiger charge is -2.03. The largest absolute Gasteiger partial charge is 0.382 e. The van der Waals surface area contributed by atoms with Crippen molar-refractivity contribution in [2.24, 2.45) is 5.73 Å². The molecule has 0 spiro atoms. The van der Waals surface area contributed by atoms with Crippen molar-refractivity contribution in [2.75, 3.05) is 13.2 Å². The summed E-state index contributed by atoms with van der Waals surface area (Å²) in [4.78, 5) is 0. The van der Waals surface area contributed by atoms with E-state index in [1.807, 2.05) is 13.8 Å². The Balaban J connectivity index is 2.75. The van der Waals surface area contributed by atoms with Crippen LogP contribution in [-0.2, 0) is 4.74 Å². The summed E-state index contributed by atoms with van der Waals surface area (Å²) < 4.78 is 5.13. The van der Waals surface area contributed by atoms with Gasteiger partial charge in [-0.3, -0.25) is 0 Å². The third kappa shape index (κ3) is 7.92. The lowest BCUT2D eigenvalue weighted by molar-refractivity contribution is 0.142. The molecule has 0 aliphatic carbocycles. The third-order valence-electron chi connectivity index (χ3n) is 1.15. The van der Waals surface area contributed by atoms with Gasteiger partial charge in [0.05, 0.1) is 0 Å². The number of ether oxygens (including phenoxy) is 1. The van der Waals surface area contributed by atoms with E-state index in [1.165, 1.54) is 0 Å². The summed E-state index contributed by atoms with van der Waals surface area (Å²) in [7, 11) is 0. The van der Waals surface area contributed by atoms with Crippen molar-refractivity contribution in [1.29, 1.82) is 0 Å². The van der Waals surface area contributed by atoms with Gasteiger partial charge in [-0.15, -0.1) is 0 Å². The van der Waals surface area contributed by atoms with Gasteiger partial charge in [0.15, 0.2) is 0 Å². The highest BCUT2D eigenvalue weighted by Gasteiger charge is 1.91. The highest BCUT2D eigenvalue weighted by molar-refractivity contribution is 4.51. The average molecular weight is 131 g/mol. The number of hydrogen-bond donors (Lipinski definition) is 1. The molecule has 0 fully saturated rings. The first kappa shape index (κ1) is 8.92. The summed E-state index contributed by atoms with van der Waals surface area (Å²) in [6.45, 7) is 5.70. The molecule has 0 aliphatic heterocycles. The van der Waals surface area contributed by atoms with Crippen molar-refractivity contribution >= 4 is 0 Å². The zero-order valence-electron chi connectivity index (χ0n) is 6.39. The lowest BCUT2D eigenvalue weighted by atomic mass is 10.2. The Morgan fingerprint density at radius 1 is 1.56 bits per heavy atom. The third-order valence-corrected chi connectivity index (χ3v) is 1.15. The maximum absolute atomic E-state index is 5.52. The quantitative estimate of drug-likeness (QED) is 0.568. The minimum absolute atomic E-state index is 0.324. The van der Waals surface area contributed by atoms with Crippen molar-refractivity contribution in [3.63, 3.8) is 0 Å². The number of rotatable bonds is 5. The topological polar surface area (TPSA) is 35.2 Å². The Labute approximate surface area is 57.4 Å². The minimum atomic E-state index is 0.324. The summed E-state index contributed by atoms with van der Waals surface area (Å²) in [5, 5.41) is 0. The van der Waals surface area contributed by atoms with Gasteiger partial charge in [0.2, 0.25) is 0 Å². The molecule has 2 N–H and O–H groups in total. The molecular weight excluding hydrogens is 114 g/mol. The first-order valence-electron chi connectivity index (χ1n) is 3.60. The monoisotopic (exact) mass is 131 g/mol. The average Bonchev–Trinajstić information content (AvgIpc) is 1.80. The van der Waals surface area contributed by atoms with Gasteiger partial charge >= 0.3 is 0 Å². The number of nitrogens with two attached hydrogens (primary N) is 1. The molecule has 1 atom stereocenters. The fourth-order valence-electron chi connectivity index (χ4n) is 0.652. The van der Waals surface area contributed by atoms with Crippen LogP contribution in [0.1, 0.15) is 26.7 Å². The Bertz CT molecular complexity index is 54.9. The molecule has 0 aromatic carbocycles. The van der Waals surface area contributed by atoms with Gasteiger partial charge in [0.1, 0.15) is 0 Å². The Morgan fingerprint density at radius 2 is 2.22 bits per heavy atom. The van der Waals surface area contributed by atoms with E-state index in [1.54, 1.807) is 0 Å². The second-order valence-electron chi connectivity index (χ2n) is 2.32. The van der Waals surface area contributed by atoms with E-state index in [0.717, 1.165) is 26.1 Å². The van der Waals surface area contributed by atoms with Gasteiger partial charge in [-0.2, -0.15) is 0 Å². The molecule has 0 aromatic heterocycles. The van der Waals surface area contributed by atoms with Crippen LogP contribution in [-0.4, -0.2) is 19.3 Å². The zero-order valence-corrected chi connectivity index (χ0v) is 6.39. The normalized spacial score (nSPS) is 13.7. The first-order valence-corrected chi connectivity index (χ1v) is 3.60. The highest BCUT2D eigenvalue weighted by atomic mass is 16.5. The molecule has 0 radical (unpaired) electrons. The molecule has 1 unspecified atom stereocenters.